The van der Waals surface area contributed by atoms with E-state index in [9.17, 15) is 8.42 Å². The van der Waals surface area contributed by atoms with Crippen molar-refractivity contribution in [2.45, 2.75) is 18.6 Å². The third kappa shape index (κ3) is 6.73. The Morgan fingerprint density at radius 1 is 1.53 bits per heavy atom. The Kier molecular flexibility index (Phi) is 7.78. The van der Waals surface area contributed by atoms with Crippen LogP contribution in [0, 0.1) is 11.3 Å². The molecule has 0 saturated carbocycles. The number of thioether (sulfide) groups is 1. The maximum Gasteiger partial charge on any atom is 0.227 e. The van der Waals surface area contributed by atoms with Crippen molar-refractivity contribution in [2.75, 3.05) is 24.7 Å². The average molecular weight is 252 g/mol. The molecule has 0 aliphatic carbocycles. The van der Waals surface area contributed by atoms with Gasteiger partial charge in [-0.15, -0.1) is 0 Å². The number of sulfonamides is 1. The van der Waals surface area contributed by atoms with E-state index in [-0.39, 0.29) is 6.61 Å². The molecule has 0 saturated heterocycles. The van der Waals surface area contributed by atoms with Gasteiger partial charge in [0.15, 0.2) is 5.25 Å². The van der Waals surface area contributed by atoms with Gasteiger partial charge in [0, 0.05) is 18.9 Å². The second-order valence-electron chi connectivity index (χ2n) is 2.90. The topological polar surface area (TPSA) is 90.2 Å². The van der Waals surface area contributed by atoms with Crippen molar-refractivity contribution in [1.29, 1.82) is 5.26 Å². The monoisotopic (exact) mass is 252 g/mol. The summed E-state index contributed by atoms with van der Waals surface area (Å²) in [6.45, 7) is 1.83. The standard InChI is InChI=1S/C8H16N2O3S2/c1-8(7-9)15(12,13)10-3-6-14-5-2-4-11/h8,10-11H,2-6H2,1H3. The minimum absolute atomic E-state index is 0.157. The van der Waals surface area contributed by atoms with Gasteiger partial charge in [-0.2, -0.15) is 17.0 Å². The molecule has 0 heterocycles. The molecule has 0 rings (SSSR count). The molecule has 0 radical (unpaired) electrons. The van der Waals surface area contributed by atoms with Crippen LogP contribution in [0.15, 0.2) is 0 Å². The van der Waals surface area contributed by atoms with Gasteiger partial charge in [0.05, 0.1) is 6.07 Å². The summed E-state index contributed by atoms with van der Waals surface area (Å²) in [7, 11) is -3.48. The van der Waals surface area contributed by atoms with E-state index in [1.54, 1.807) is 17.8 Å². The molecule has 1 atom stereocenters. The van der Waals surface area contributed by atoms with E-state index in [1.165, 1.54) is 6.92 Å². The first kappa shape index (κ1) is 14.7. The molecule has 7 heteroatoms. The van der Waals surface area contributed by atoms with Crippen LogP contribution in [0.2, 0.25) is 0 Å². The predicted molar refractivity (Wildman–Crippen MR) is 61.0 cm³/mol. The van der Waals surface area contributed by atoms with Crippen LogP contribution in [0.4, 0.5) is 0 Å². The summed E-state index contributed by atoms with van der Waals surface area (Å²) in [4.78, 5) is 0. The molecule has 15 heavy (non-hydrogen) atoms. The van der Waals surface area contributed by atoms with Crippen molar-refractivity contribution in [3.8, 4) is 6.07 Å². The molecule has 1 unspecified atom stereocenters. The quantitative estimate of drug-likeness (QED) is 0.590. The Morgan fingerprint density at radius 3 is 2.73 bits per heavy atom. The highest BCUT2D eigenvalue weighted by atomic mass is 32.2. The zero-order valence-electron chi connectivity index (χ0n) is 8.64. The highest BCUT2D eigenvalue weighted by Crippen LogP contribution is 2.01. The second-order valence-corrected chi connectivity index (χ2v) is 6.21. The number of hydrogen-bond acceptors (Lipinski definition) is 5. The van der Waals surface area contributed by atoms with E-state index in [1.807, 2.05) is 0 Å². The summed E-state index contributed by atoms with van der Waals surface area (Å²) in [5.41, 5.74) is 0. The van der Waals surface area contributed by atoms with Gasteiger partial charge in [0.25, 0.3) is 0 Å². The normalized spacial score (nSPS) is 13.4. The van der Waals surface area contributed by atoms with Crippen molar-refractivity contribution in [3.63, 3.8) is 0 Å². The summed E-state index contributed by atoms with van der Waals surface area (Å²) in [6.07, 6.45) is 0.714. The lowest BCUT2D eigenvalue weighted by molar-refractivity contribution is 0.296. The number of nitriles is 1. The van der Waals surface area contributed by atoms with E-state index in [0.29, 0.717) is 18.7 Å². The van der Waals surface area contributed by atoms with E-state index >= 15 is 0 Å². The van der Waals surface area contributed by atoms with Crippen molar-refractivity contribution in [2.24, 2.45) is 0 Å². The molecule has 0 aliphatic heterocycles. The Labute approximate surface area is 94.9 Å². The maximum absolute atomic E-state index is 11.3. The first-order chi connectivity index (χ1) is 7.04. The Morgan fingerprint density at radius 2 is 2.20 bits per heavy atom. The molecule has 0 amide bonds. The van der Waals surface area contributed by atoms with E-state index in [0.717, 1.165) is 5.75 Å². The molecular formula is C8H16N2O3S2. The van der Waals surface area contributed by atoms with Gasteiger partial charge in [0.2, 0.25) is 10.0 Å². The summed E-state index contributed by atoms with van der Waals surface area (Å²) in [5, 5.41) is 15.9. The SMILES string of the molecule is CC(C#N)S(=O)(=O)NCCSCCCO. The molecule has 0 aromatic carbocycles. The summed E-state index contributed by atoms with van der Waals surface area (Å²) >= 11 is 1.57. The molecule has 0 bridgehead atoms. The van der Waals surface area contributed by atoms with Gasteiger partial charge in [-0.25, -0.2) is 13.1 Å². The van der Waals surface area contributed by atoms with Crippen molar-refractivity contribution in [3.05, 3.63) is 0 Å². The van der Waals surface area contributed by atoms with Crippen LogP contribution in [-0.4, -0.2) is 43.4 Å². The van der Waals surface area contributed by atoms with Crippen LogP contribution in [0.3, 0.4) is 0 Å². The largest absolute Gasteiger partial charge is 0.396 e. The fraction of sp³-hybridized carbons (Fsp3) is 0.875. The summed E-state index contributed by atoms with van der Waals surface area (Å²) in [5.74, 6) is 1.46. The van der Waals surface area contributed by atoms with Crippen molar-refractivity contribution >= 4 is 21.8 Å². The van der Waals surface area contributed by atoms with Gasteiger partial charge in [-0.1, -0.05) is 0 Å². The van der Waals surface area contributed by atoms with Crippen LogP contribution in [-0.2, 0) is 10.0 Å². The highest BCUT2D eigenvalue weighted by Gasteiger charge is 2.18. The second kappa shape index (κ2) is 7.93. The van der Waals surface area contributed by atoms with E-state index < -0.39 is 15.3 Å². The van der Waals surface area contributed by atoms with Gasteiger partial charge >= 0.3 is 0 Å². The number of hydrogen-bond donors (Lipinski definition) is 2. The van der Waals surface area contributed by atoms with Gasteiger partial charge in [-0.3, -0.25) is 0 Å². The summed E-state index contributed by atoms with van der Waals surface area (Å²) < 4.78 is 24.9. The molecule has 2 N–H and O–H groups in total. The van der Waals surface area contributed by atoms with Crippen LogP contribution in [0.25, 0.3) is 0 Å². The van der Waals surface area contributed by atoms with Crippen molar-refractivity contribution in [1.82, 2.24) is 4.72 Å². The van der Waals surface area contributed by atoms with Crippen LogP contribution < -0.4 is 4.72 Å². The predicted octanol–water partition coefficient (Wildman–Crippen LogP) is -0.0665. The first-order valence-electron chi connectivity index (χ1n) is 4.61. The molecule has 5 nitrogen and oxygen atoms in total. The molecular weight excluding hydrogens is 236 g/mol. The summed E-state index contributed by atoms with van der Waals surface area (Å²) in [6, 6.07) is 1.68. The lowest BCUT2D eigenvalue weighted by Crippen LogP contribution is -2.33. The molecule has 0 aromatic heterocycles. The Bertz CT molecular complexity index is 297. The average Bonchev–Trinajstić information content (AvgIpc) is 2.22. The molecule has 0 fully saturated rings. The number of rotatable bonds is 8. The van der Waals surface area contributed by atoms with Gasteiger partial charge < -0.3 is 5.11 Å². The third-order valence-corrected chi connectivity index (χ3v) is 4.36. The maximum atomic E-state index is 11.3. The fourth-order valence-electron chi connectivity index (χ4n) is 0.719. The Balaban J connectivity index is 3.64. The van der Waals surface area contributed by atoms with E-state index in [2.05, 4.69) is 4.72 Å². The fourth-order valence-corrected chi connectivity index (χ4v) is 2.41. The molecule has 0 spiro atoms. The zero-order valence-corrected chi connectivity index (χ0v) is 10.3. The molecule has 0 aliphatic rings. The van der Waals surface area contributed by atoms with Gasteiger partial charge in [0.1, 0.15) is 0 Å². The third-order valence-electron chi connectivity index (χ3n) is 1.64. The lowest BCUT2D eigenvalue weighted by Gasteiger charge is -2.07. The lowest BCUT2D eigenvalue weighted by atomic mass is 10.5. The first-order valence-corrected chi connectivity index (χ1v) is 7.31. The number of nitrogens with one attached hydrogen (secondary N) is 1. The smallest absolute Gasteiger partial charge is 0.227 e. The van der Waals surface area contributed by atoms with Crippen molar-refractivity contribution < 1.29 is 13.5 Å². The van der Waals surface area contributed by atoms with Crippen LogP contribution >= 0.6 is 11.8 Å². The molecule has 88 valence electrons. The highest BCUT2D eigenvalue weighted by molar-refractivity contribution is 7.99. The number of aliphatic hydroxyl groups is 1. The molecule has 0 aromatic rings. The van der Waals surface area contributed by atoms with Gasteiger partial charge in [-0.05, 0) is 19.1 Å². The van der Waals surface area contributed by atoms with E-state index in [4.69, 9.17) is 10.4 Å². The number of nitrogens with zero attached hydrogens (tertiary/aromatic N) is 1. The minimum Gasteiger partial charge on any atom is -0.396 e. The zero-order chi connectivity index (χ0) is 11.7. The van der Waals surface area contributed by atoms with Crippen LogP contribution in [0.1, 0.15) is 13.3 Å². The van der Waals surface area contributed by atoms with Crippen LogP contribution in [0.5, 0.6) is 0 Å². The Hall–Kier alpha value is -0.290. The minimum atomic E-state index is -3.48. The number of aliphatic hydroxyl groups excluding tert-OH is 1.